The van der Waals surface area contributed by atoms with Crippen LogP contribution in [0, 0.1) is 6.92 Å². The first kappa shape index (κ1) is 27.7. The molecule has 192 valence electrons. The maximum absolute atomic E-state index is 13.6. The zero-order chi connectivity index (χ0) is 26.1. The highest BCUT2D eigenvalue weighted by Gasteiger charge is 2.28. The van der Waals surface area contributed by atoms with Gasteiger partial charge in [-0.3, -0.25) is 9.10 Å². The molecule has 0 atom stereocenters. The van der Waals surface area contributed by atoms with E-state index in [1.54, 1.807) is 42.1 Å². The van der Waals surface area contributed by atoms with Crippen molar-refractivity contribution in [2.45, 2.75) is 17.6 Å². The van der Waals surface area contributed by atoms with Gasteiger partial charge in [0.05, 0.1) is 24.8 Å². The molecule has 3 aromatic rings. The third-order valence-corrected chi connectivity index (χ3v) is 8.37. The van der Waals surface area contributed by atoms with E-state index in [9.17, 15) is 13.2 Å². The van der Waals surface area contributed by atoms with E-state index in [4.69, 9.17) is 21.1 Å². The van der Waals surface area contributed by atoms with E-state index in [2.05, 4.69) is 5.32 Å². The molecule has 0 spiro atoms. The lowest BCUT2D eigenvalue weighted by Crippen LogP contribution is -2.41. The highest BCUT2D eigenvalue weighted by Crippen LogP contribution is 2.33. The lowest BCUT2D eigenvalue weighted by Gasteiger charge is -2.25. The molecule has 3 aromatic carbocycles. The second kappa shape index (κ2) is 12.9. The Labute approximate surface area is 221 Å². The Hall–Kier alpha value is -2.88. The van der Waals surface area contributed by atoms with E-state index in [0.717, 1.165) is 21.2 Å². The molecular weight excluding hydrogens is 520 g/mol. The fraction of sp³-hybridized carbons (Fsp3) is 0.269. The van der Waals surface area contributed by atoms with Crippen molar-refractivity contribution in [3.63, 3.8) is 0 Å². The maximum Gasteiger partial charge on any atom is 0.264 e. The molecule has 7 nitrogen and oxygen atoms in total. The Morgan fingerprint density at radius 2 is 1.64 bits per heavy atom. The van der Waals surface area contributed by atoms with Crippen LogP contribution in [0.4, 0.5) is 5.69 Å². The van der Waals surface area contributed by atoms with Gasteiger partial charge in [0.2, 0.25) is 5.91 Å². The highest BCUT2D eigenvalue weighted by molar-refractivity contribution is 7.98. The molecule has 1 N–H and O–H groups in total. The van der Waals surface area contributed by atoms with Crippen molar-refractivity contribution in [2.24, 2.45) is 0 Å². The van der Waals surface area contributed by atoms with Crippen LogP contribution in [0.25, 0.3) is 0 Å². The summed E-state index contributed by atoms with van der Waals surface area (Å²) in [5, 5.41) is 3.51. The van der Waals surface area contributed by atoms with Crippen LogP contribution in [0.5, 0.6) is 11.5 Å². The summed E-state index contributed by atoms with van der Waals surface area (Å²) in [6.07, 6.45) is 0. The van der Waals surface area contributed by atoms with Gasteiger partial charge in [0.1, 0.15) is 6.54 Å². The van der Waals surface area contributed by atoms with Gasteiger partial charge in [-0.15, -0.1) is 0 Å². The van der Waals surface area contributed by atoms with E-state index in [-0.39, 0.29) is 11.4 Å². The van der Waals surface area contributed by atoms with Gasteiger partial charge >= 0.3 is 0 Å². The number of methoxy groups -OCH3 is 2. The molecule has 0 saturated heterocycles. The van der Waals surface area contributed by atoms with Gasteiger partial charge in [-0.05, 0) is 48.9 Å². The third kappa shape index (κ3) is 7.32. The number of hydrogen-bond donors (Lipinski definition) is 1. The van der Waals surface area contributed by atoms with Crippen molar-refractivity contribution >= 4 is 45.0 Å². The summed E-state index contributed by atoms with van der Waals surface area (Å²) >= 11 is 7.57. The lowest BCUT2D eigenvalue weighted by atomic mass is 10.2. The number of carbonyl (C=O) groups excluding carboxylic acids is 1. The topological polar surface area (TPSA) is 84.9 Å². The van der Waals surface area contributed by atoms with Crippen molar-refractivity contribution in [1.29, 1.82) is 0 Å². The average molecular weight is 549 g/mol. The molecule has 0 fully saturated rings. The molecule has 0 unspecified atom stereocenters. The van der Waals surface area contributed by atoms with Crippen LogP contribution < -0.4 is 19.1 Å². The summed E-state index contributed by atoms with van der Waals surface area (Å²) in [5.41, 5.74) is 2.36. The molecular formula is C26H29ClN2O5S2. The Morgan fingerprint density at radius 3 is 2.28 bits per heavy atom. The van der Waals surface area contributed by atoms with Crippen LogP contribution in [0.15, 0.2) is 71.6 Å². The number of aryl methyl sites for hydroxylation is 1. The van der Waals surface area contributed by atoms with Crippen molar-refractivity contribution in [3.05, 3.63) is 82.9 Å². The quantitative estimate of drug-likeness (QED) is 0.324. The summed E-state index contributed by atoms with van der Waals surface area (Å²) in [6.45, 7) is 1.90. The van der Waals surface area contributed by atoms with Gasteiger partial charge in [-0.1, -0.05) is 41.4 Å². The molecule has 0 aromatic heterocycles. The first-order valence-corrected chi connectivity index (χ1v) is 14.1. The smallest absolute Gasteiger partial charge is 0.264 e. The number of ether oxygens (including phenoxy) is 2. The lowest BCUT2D eigenvalue weighted by molar-refractivity contribution is -0.119. The molecule has 0 aliphatic rings. The summed E-state index contributed by atoms with van der Waals surface area (Å²) < 4.78 is 38.8. The normalized spacial score (nSPS) is 11.1. The molecule has 3 rings (SSSR count). The standard InChI is InChI=1S/C26H29ClN2O5S2/c1-19-4-11-23(12-5-19)36(31,32)29(22-10-13-24(33-2)25(16-22)34-3)17-26(30)28-14-15-35-18-20-6-8-21(27)9-7-20/h4-13,16H,14-15,17-18H2,1-3H3,(H,28,30). The van der Waals surface area contributed by atoms with Crippen LogP contribution in [-0.4, -0.2) is 47.4 Å². The number of carbonyl (C=O) groups is 1. The second-order valence-corrected chi connectivity index (χ2v) is 11.3. The number of hydrogen-bond acceptors (Lipinski definition) is 6. The molecule has 0 aliphatic heterocycles. The number of amides is 1. The maximum atomic E-state index is 13.6. The van der Waals surface area contributed by atoms with Crippen molar-refractivity contribution < 1.29 is 22.7 Å². The molecule has 36 heavy (non-hydrogen) atoms. The van der Waals surface area contributed by atoms with Gasteiger partial charge in [-0.25, -0.2) is 8.42 Å². The number of halogens is 1. The second-order valence-electron chi connectivity index (χ2n) is 7.89. The highest BCUT2D eigenvalue weighted by atomic mass is 35.5. The van der Waals surface area contributed by atoms with Crippen molar-refractivity contribution in [1.82, 2.24) is 5.32 Å². The number of rotatable bonds is 12. The predicted octanol–water partition coefficient (Wildman–Crippen LogP) is 4.91. The zero-order valence-corrected chi connectivity index (χ0v) is 22.8. The summed E-state index contributed by atoms with van der Waals surface area (Å²) in [5.74, 6) is 1.86. The molecule has 10 heteroatoms. The van der Waals surface area contributed by atoms with Gasteiger partial charge in [0.25, 0.3) is 10.0 Å². The zero-order valence-electron chi connectivity index (χ0n) is 20.4. The largest absolute Gasteiger partial charge is 0.493 e. The molecule has 0 aliphatic carbocycles. The Balaban J connectivity index is 1.72. The monoisotopic (exact) mass is 548 g/mol. The molecule has 1 amide bonds. The minimum atomic E-state index is -4.03. The summed E-state index contributed by atoms with van der Waals surface area (Å²) in [4.78, 5) is 12.9. The fourth-order valence-corrected chi connectivity index (χ4v) is 5.71. The molecule has 0 bridgehead atoms. The average Bonchev–Trinajstić information content (AvgIpc) is 2.88. The van der Waals surface area contributed by atoms with E-state index < -0.39 is 15.9 Å². The van der Waals surface area contributed by atoms with E-state index in [0.29, 0.717) is 34.5 Å². The predicted molar refractivity (Wildman–Crippen MR) is 146 cm³/mol. The Morgan fingerprint density at radius 1 is 0.972 bits per heavy atom. The van der Waals surface area contributed by atoms with Gasteiger partial charge in [-0.2, -0.15) is 11.8 Å². The fourth-order valence-electron chi connectivity index (χ4n) is 3.35. The summed E-state index contributed by atoms with van der Waals surface area (Å²) in [6, 6.07) is 18.9. The van der Waals surface area contributed by atoms with Crippen LogP contribution in [0.1, 0.15) is 11.1 Å². The number of sulfonamides is 1. The van der Waals surface area contributed by atoms with Gasteiger partial charge < -0.3 is 14.8 Å². The van der Waals surface area contributed by atoms with E-state index >= 15 is 0 Å². The van der Waals surface area contributed by atoms with Crippen molar-refractivity contribution in [3.8, 4) is 11.5 Å². The SMILES string of the molecule is COc1ccc(N(CC(=O)NCCSCc2ccc(Cl)cc2)S(=O)(=O)c2ccc(C)cc2)cc1OC. The van der Waals surface area contributed by atoms with E-state index in [1.165, 1.54) is 26.4 Å². The van der Waals surface area contributed by atoms with Crippen LogP contribution in [-0.2, 0) is 20.6 Å². The Bertz CT molecular complexity index is 1270. The first-order chi connectivity index (χ1) is 17.2. The first-order valence-electron chi connectivity index (χ1n) is 11.1. The van der Waals surface area contributed by atoms with Crippen LogP contribution >= 0.6 is 23.4 Å². The van der Waals surface area contributed by atoms with Crippen molar-refractivity contribution in [2.75, 3.05) is 37.4 Å². The number of benzene rings is 3. The van der Waals surface area contributed by atoms with Crippen LogP contribution in [0.2, 0.25) is 5.02 Å². The van der Waals surface area contributed by atoms with Crippen LogP contribution in [0.3, 0.4) is 0 Å². The molecule has 0 radical (unpaired) electrons. The van der Waals surface area contributed by atoms with E-state index in [1.807, 2.05) is 31.2 Å². The minimum Gasteiger partial charge on any atom is -0.493 e. The van der Waals surface area contributed by atoms with Gasteiger partial charge in [0.15, 0.2) is 11.5 Å². The number of thioether (sulfide) groups is 1. The molecule has 0 heterocycles. The minimum absolute atomic E-state index is 0.0919. The van der Waals surface area contributed by atoms with Gasteiger partial charge in [0, 0.05) is 29.1 Å². The number of nitrogens with zero attached hydrogens (tertiary/aromatic N) is 1. The third-order valence-electron chi connectivity index (χ3n) is 5.30. The number of nitrogens with one attached hydrogen (secondary N) is 1. The Kier molecular flexibility index (Phi) is 9.92. The number of anilines is 1. The molecule has 0 saturated carbocycles. The summed E-state index contributed by atoms with van der Waals surface area (Å²) in [7, 11) is -1.06.